The maximum atomic E-state index is 12.2. The van der Waals surface area contributed by atoms with E-state index in [9.17, 15) is 4.79 Å². The maximum absolute atomic E-state index is 12.2. The summed E-state index contributed by atoms with van der Waals surface area (Å²) in [5.74, 6) is 0.781. The Morgan fingerprint density at radius 3 is 2.52 bits per heavy atom. The van der Waals surface area contributed by atoms with Crippen molar-refractivity contribution in [2.45, 2.75) is 38.5 Å². The highest BCUT2D eigenvalue weighted by Gasteiger charge is 2.20. The highest BCUT2D eigenvalue weighted by atomic mass is 16.5. The number of rotatable bonds is 6. The topological polar surface area (TPSA) is 64.4 Å². The predicted molar refractivity (Wildman–Crippen MR) is 90.2 cm³/mol. The molecule has 1 saturated carbocycles. The third-order valence-corrected chi connectivity index (χ3v) is 4.21. The molecule has 0 radical (unpaired) electrons. The fourth-order valence-corrected chi connectivity index (χ4v) is 2.50. The summed E-state index contributed by atoms with van der Waals surface area (Å²) in [6.45, 7) is 0.939. The van der Waals surface area contributed by atoms with Crippen molar-refractivity contribution < 1.29 is 9.53 Å². The van der Waals surface area contributed by atoms with Gasteiger partial charge >= 0.3 is 0 Å². The van der Waals surface area contributed by atoms with Crippen LogP contribution in [0.2, 0.25) is 0 Å². The normalized spacial score (nSPS) is 14.1. The largest absolute Gasteiger partial charge is 0.490 e. The lowest BCUT2D eigenvalue weighted by atomic mass is 9.96. The van der Waals surface area contributed by atoms with Crippen LogP contribution in [0.15, 0.2) is 48.5 Å². The lowest BCUT2D eigenvalue weighted by Crippen LogP contribution is -2.26. The molecule has 2 aromatic rings. The van der Waals surface area contributed by atoms with Gasteiger partial charge in [0, 0.05) is 24.2 Å². The Kier molecular flexibility index (Phi) is 4.93. The van der Waals surface area contributed by atoms with Crippen LogP contribution >= 0.6 is 0 Å². The first-order valence-electron chi connectivity index (χ1n) is 8.08. The number of hydrogen-bond donors (Lipinski definition) is 2. The molecule has 0 saturated heterocycles. The molecule has 1 fully saturated rings. The van der Waals surface area contributed by atoms with Gasteiger partial charge in [0.25, 0.3) is 5.91 Å². The zero-order valence-electron chi connectivity index (χ0n) is 13.1. The summed E-state index contributed by atoms with van der Waals surface area (Å²) in [7, 11) is 0. The lowest BCUT2D eigenvalue weighted by Gasteiger charge is -2.27. The molecule has 0 aromatic heterocycles. The second-order valence-electron chi connectivity index (χ2n) is 5.86. The van der Waals surface area contributed by atoms with Crippen molar-refractivity contribution in [1.82, 2.24) is 5.32 Å². The number of para-hydroxylation sites is 1. The second kappa shape index (κ2) is 7.29. The minimum absolute atomic E-state index is 0.0907. The molecule has 2 aromatic carbocycles. The van der Waals surface area contributed by atoms with Gasteiger partial charge in [-0.1, -0.05) is 30.3 Å². The van der Waals surface area contributed by atoms with Crippen LogP contribution in [0.25, 0.3) is 0 Å². The van der Waals surface area contributed by atoms with Gasteiger partial charge in [-0.15, -0.1) is 0 Å². The molecular weight excluding hydrogens is 288 g/mol. The number of amides is 1. The molecule has 0 spiro atoms. The van der Waals surface area contributed by atoms with E-state index in [1.54, 1.807) is 12.1 Å². The molecule has 0 atom stereocenters. The SMILES string of the molecule is NCc1ccc(C(=O)NCc2ccccc2OC2CCC2)cc1. The minimum Gasteiger partial charge on any atom is -0.490 e. The number of benzene rings is 2. The van der Waals surface area contributed by atoms with Crippen LogP contribution < -0.4 is 15.8 Å². The van der Waals surface area contributed by atoms with E-state index in [0.717, 1.165) is 29.7 Å². The second-order valence-corrected chi connectivity index (χ2v) is 5.86. The van der Waals surface area contributed by atoms with Crippen molar-refractivity contribution in [1.29, 1.82) is 0 Å². The molecule has 0 unspecified atom stereocenters. The summed E-state index contributed by atoms with van der Waals surface area (Å²) in [5.41, 5.74) is 8.23. The molecule has 0 heterocycles. The summed E-state index contributed by atoms with van der Waals surface area (Å²) in [6.07, 6.45) is 3.81. The number of carbonyl (C=O) groups is 1. The Morgan fingerprint density at radius 1 is 1.13 bits per heavy atom. The van der Waals surface area contributed by atoms with Gasteiger partial charge in [-0.05, 0) is 43.0 Å². The molecule has 3 rings (SSSR count). The van der Waals surface area contributed by atoms with Crippen molar-refractivity contribution in [3.8, 4) is 5.75 Å². The van der Waals surface area contributed by atoms with Gasteiger partial charge in [-0.25, -0.2) is 0 Å². The fourth-order valence-electron chi connectivity index (χ4n) is 2.50. The van der Waals surface area contributed by atoms with Gasteiger partial charge in [0.1, 0.15) is 5.75 Å². The van der Waals surface area contributed by atoms with E-state index in [1.165, 1.54) is 6.42 Å². The third-order valence-electron chi connectivity index (χ3n) is 4.21. The summed E-state index contributed by atoms with van der Waals surface area (Å²) in [4.78, 5) is 12.2. The van der Waals surface area contributed by atoms with Gasteiger partial charge in [0.2, 0.25) is 0 Å². The molecule has 120 valence electrons. The summed E-state index contributed by atoms with van der Waals surface area (Å²) in [5, 5.41) is 2.95. The Hall–Kier alpha value is -2.33. The number of carbonyl (C=O) groups excluding carboxylic acids is 1. The zero-order chi connectivity index (χ0) is 16.1. The van der Waals surface area contributed by atoms with Crippen LogP contribution in [-0.4, -0.2) is 12.0 Å². The summed E-state index contributed by atoms with van der Waals surface area (Å²) in [6, 6.07) is 15.2. The Morgan fingerprint density at radius 2 is 1.87 bits per heavy atom. The third kappa shape index (κ3) is 3.90. The Bertz CT molecular complexity index is 663. The van der Waals surface area contributed by atoms with Gasteiger partial charge < -0.3 is 15.8 Å². The van der Waals surface area contributed by atoms with E-state index in [2.05, 4.69) is 5.32 Å². The van der Waals surface area contributed by atoms with Crippen LogP contribution in [-0.2, 0) is 13.1 Å². The average molecular weight is 310 g/mol. The maximum Gasteiger partial charge on any atom is 0.251 e. The number of ether oxygens (including phenoxy) is 1. The van der Waals surface area contributed by atoms with E-state index < -0.39 is 0 Å². The lowest BCUT2D eigenvalue weighted by molar-refractivity contribution is 0.0948. The monoisotopic (exact) mass is 310 g/mol. The van der Waals surface area contributed by atoms with E-state index in [0.29, 0.717) is 24.8 Å². The summed E-state index contributed by atoms with van der Waals surface area (Å²) < 4.78 is 5.98. The molecule has 0 bridgehead atoms. The van der Waals surface area contributed by atoms with Crippen LogP contribution in [0.1, 0.15) is 40.7 Å². The highest BCUT2D eigenvalue weighted by Crippen LogP contribution is 2.27. The van der Waals surface area contributed by atoms with Crippen molar-refractivity contribution in [2.75, 3.05) is 0 Å². The van der Waals surface area contributed by atoms with Crippen molar-refractivity contribution >= 4 is 5.91 Å². The fraction of sp³-hybridized carbons (Fsp3) is 0.316. The Balaban J connectivity index is 1.61. The summed E-state index contributed by atoms with van der Waals surface area (Å²) >= 11 is 0. The molecule has 23 heavy (non-hydrogen) atoms. The van der Waals surface area contributed by atoms with E-state index in [1.807, 2.05) is 36.4 Å². The van der Waals surface area contributed by atoms with Crippen LogP contribution in [0.4, 0.5) is 0 Å². The first-order chi connectivity index (χ1) is 11.3. The first kappa shape index (κ1) is 15.6. The Labute approximate surface area is 136 Å². The average Bonchev–Trinajstić information content (AvgIpc) is 2.57. The van der Waals surface area contributed by atoms with Crippen molar-refractivity contribution in [3.05, 3.63) is 65.2 Å². The van der Waals surface area contributed by atoms with Crippen molar-refractivity contribution in [2.24, 2.45) is 5.73 Å². The van der Waals surface area contributed by atoms with Crippen LogP contribution in [0.3, 0.4) is 0 Å². The highest BCUT2D eigenvalue weighted by molar-refractivity contribution is 5.94. The smallest absolute Gasteiger partial charge is 0.251 e. The van der Waals surface area contributed by atoms with Crippen LogP contribution in [0, 0.1) is 0 Å². The number of nitrogens with two attached hydrogens (primary N) is 1. The zero-order valence-corrected chi connectivity index (χ0v) is 13.1. The van der Waals surface area contributed by atoms with Gasteiger partial charge in [-0.2, -0.15) is 0 Å². The standard InChI is InChI=1S/C19H22N2O2/c20-12-14-8-10-15(11-9-14)19(22)21-13-16-4-1-2-7-18(16)23-17-5-3-6-17/h1-2,4,7-11,17H,3,5-6,12-13,20H2,(H,21,22). The molecule has 1 amide bonds. The van der Waals surface area contributed by atoms with Gasteiger partial charge in [-0.3, -0.25) is 4.79 Å². The van der Waals surface area contributed by atoms with E-state index in [4.69, 9.17) is 10.5 Å². The minimum atomic E-state index is -0.0907. The van der Waals surface area contributed by atoms with Crippen molar-refractivity contribution in [3.63, 3.8) is 0 Å². The first-order valence-corrected chi connectivity index (χ1v) is 8.08. The van der Waals surface area contributed by atoms with Crippen LogP contribution in [0.5, 0.6) is 5.75 Å². The van der Waals surface area contributed by atoms with E-state index >= 15 is 0 Å². The molecular formula is C19H22N2O2. The number of nitrogens with one attached hydrogen (secondary N) is 1. The molecule has 4 nitrogen and oxygen atoms in total. The quantitative estimate of drug-likeness (QED) is 0.862. The molecule has 3 N–H and O–H groups in total. The molecule has 0 aliphatic heterocycles. The molecule has 1 aliphatic carbocycles. The molecule has 1 aliphatic rings. The molecule has 4 heteroatoms. The number of hydrogen-bond acceptors (Lipinski definition) is 3. The van der Waals surface area contributed by atoms with Gasteiger partial charge in [0.05, 0.1) is 6.10 Å². The predicted octanol–water partition coefficient (Wildman–Crippen LogP) is 3.01. The van der Waals surface area contributed by atoms with Gasteiger partial charge in [0.15, 0.2) is 0 Å². The van der Waals surface area contributed by atoms with E-state index in [-0.39, 0.29) is 5.91 Å².